The van der Waals surface area contributed by atoms with Crippen LogP contribution >= 0.6 is 0 Å². The van der Waals surface area contributed by atoms with Crippen LogP contribution in [0.3, 0.4) is 0 Å². The average Bonchev–Trinajstić information content (AvgIpc) is 3.14. The minimum atomic E-state index is -0.617. The van der Waals surface area contributed by atoms with Crippen LogP contribution in [0.25, 0.3) is 0 Å². The molecule has 0 N–H and O–H groups in total. The highest BCUT2D eigenvalue weighted by molar-refractivity contribution is 6.00. The van der Waals surface area contributed by atoms with Crippen LogP contribution < -0.4 is 4.57 Å². The van der Waals surface area contributed by atoms with Crippen molar-refractivity contribution >= 4 is 22.9 Å². The van der Waals surface area contributed by atoms with E-state index in [1.165, 1.54) is 51.9 Å². The fourth-order valence-corrected chi connectivity index (χ4v) is 2.87. The van der Waals surface area contributed by atoms with Crippen LogP contribution in [-0.4, -0.2) is 26.0 Å². The van der Waals surface area contributed by atoms with E-state index in [9.17, 15) is 29.8 Å². The number of ketones is 2. The normalized spacial score (nSPS) is 10.5. The van der Waals surface area contributed by atoms with Crippen LogP contribution in [0, 0.1) is 20.2 Å². The predicted molar refractivity (Wildman–Crippen MR) is 99.5 cm³/mol. The van der Waals surface area contributed by atoms with Gasteiger partial charge < -0.3 is 0 Å². The SMILES string of the molecule is O=C(Cn1cc[n+](CC(=O)c2ccccc2[N+](=O)[O-])c1)c1ccccc1[N+](=O)[O-]. The molecule has 0 fully saturated rings. The van der Waals surface area contributed by atoms with Crippen molar-refractivity contribution in [3.05, 3.63) is 98.6 Å². The molecule has 0 saturated heterocycles. The van der Waals surface area contributed by atoms with Gasteiger partial charge in [0.15, 0.2) is 13.1 Å². The number of carbonyl (C=O) groups excluding carboxylic acids is 2. The van der Waals surface area contributed by atoms with Crippen LogP contribution in [0.1, 0.15) is 20.7 Å². The van der Waals surface area contributed by atoms with Gasteiger partial charge in [-0.3, -0.25) is 29.8 Å². The molecule has 0 unspecified atom stereocenters. The maximum Gasteiger partial charge on any atom is 0.280 e. The Balaban J connectivity index is 1.74. The monoisotopic (exact) mass is 395 g/mol. The van der Waals surface area contributed by atoms with Gasteiger partial charge in [0.05, 0.1) is 21.0 Å². The number of nitro benzene ring substituents is 2. The predicted octanol–water partition coefficient (Wildman–Crippen LogP) is 2.36. The molecular weight excluding hydrogens is 380 g/mol. The van der Waals surface area contributed by atoms with E-state index in [1.54, 1.807) is 24.5 Å². The number of Topliss-reactive ketones (excluding diaryl/α,β-unsaturated/α-hetero) is 2. The van der Waals surface area contributed by atoms with Crippen molar-refractivity contribution < 1.29 is 24.0 Å². The van der Waals surface area contributed by atoms with E-state index < -0.39 is 21.4 Å². The van der Waals surface area contributed by atoms with Crippen molar-refractivity contribution in [1.29, 1.82) is 0 Å². The number of rotatable bonds is 8. The number of para-hydroxylation sites is 2. The highest BCUT2D eigenvalue weighted by atomic mass is 16.6. The Morgan fingerprint density at radius 3 is 1.93 bits per heavy atom. The molecule has 2 aromatic carbocycles. The second-order valence-corrected chi connectivity index (χ2v) is 6.15. The second kappa shape index (κ2) is 8.21. The van der Waals surface area contributed by atoms with Crippen LogP contribution in [-0.2, 0) is 13.1 Å². The van der Waals surface area contributed by atoms with E-state index in [-0.39, 0.29) is 35.6 Å². The summed E-state index contributed by atoms with van der Waals surface area (Å²) in [4.78, 5) is 45.8. The number of aromatic nitrogens is 2. The minimum Gasteiger partial charge on any atom is -0.289 e. The first-order valence-electron chi connectivity index (χ1n) is 8.45. The summed E-state index contributed by atoms with van der Waals surface area (Å²) in [6.45, 7) is -0.310. The van der Waals surface area contributed by atoms with Gasteiger partial charge in [0.25, 0.3) is 11.4 Å². The Kier molecular flexibility index (Phi) is 5.54. The molecule has 0 amide bonds. The second-order valence-electron chi connectivity index (χ2n) is 6.15. The molecule has 3 aromatic rings. The Morgan fingerprint density at radius 2 is 1.38 bits per heavy atom. The third kappa shape index (κ3) is 4.38. The molecule has 1 aromatic heterocycles. The van der Waals surface area contributed by atoms with E-state index in [0.29, 0.717) is 0 Å². The number of nitro groups is 2. The maximum atomic E-state index is 12.4. The zero-order valence-electron chi connectivity index (χ0n) is 15.0. The molecule has 146 valence electrons. The fourth-order valence-electron chi connectivity index (χ4n) is 2.87. The zero-order valence-corrected chi connectivity index (χ0v) is 15.0. The third-order valence-electron chi connectivity index (χ3n) is 4.20. The molecule has 10 nitrogen and oxygen atoms in total. The summed E-state index contributed by atoms with van der Waals surface area (Å²) in [6, 6.07) is 11.3. The molecule has 0 aliphatic heterocycles. The van der Waals surface area contributed by atoms with E-state index in [4.69, 9.17) is 0 Å². The Hall–Kier alpha value is -4.21. The molecule has 29 heavy (non-hydrogen) atoms. The van der Waals surface area contributed by atoms with E-state index >= 15 is 0 Å². The highest BCUT2D eigenvalue weighted by Gasteiger charge is 2.23. The highest BCUT2D eigenvalue weighted by Crippen LogP contribution is 2.19. The standard InChI is InChI=1S/C19H15N4O6/c24-18(14-5-1-3-7-16(14)22(26)27)11-20-9-10-21(13-20)12-19(25)15-6-2-4-8-17(15)23(28)29/h1-10,13H,11-12H2/q+1. The molecule has 0 aliphatic carbocycles. The molecule has 1 heterocycles. The number of hydrogen-bond acceptors (Lipinski definition) is 6. The first kappa shape index (κ1) is 19.5. The van der Waals surface area contributed by atoms with Crippen molar-refractivity contribution in [2.45, 2.75) is 13.1 Å². The molecule has 0 spiro atoms. The van der Waals surface area contributed by atoms with E-state index in [0.717, 1.165) is 0 Å². The lowest BCUT2D eigenvalue weighted by atomic mass is 10.1. The van der Waals surface area contributed by atoms with Crippen LogP contribution in [0.5, 0.6) is 0 Å². The molecule has 0 aliphatic rings. The van der Waals surface area contributed by atoms with Gasteiger partial charge in [-0.25, -0.2) is 9.13 Å². The maximum absolute atomic E-state index is 12.4. The number of carbonyl (C=O) groups is 2. The molecular formula is C19H15N4O6+. The number of nitrogens with zero attached hydrogens (tertiary/aromatic N) is 4. The van der Waals surface area contributed by atoms with E-state index in [1.807, 2.05) is 0 Å². The summed E-state index contributed by atoms with van der Waals surface area (Å²) in [5, 5.41) is 22.1. The third-order valence-corrected chi connectivity index (χ3v) is 4.20. The number of imidazole rings is 1. The molecule has 0 atom stereocenters. The lowest BCUT2D eigenvalue weighted by Gasteiger charge is -2.01. The Morgan fingerprint density at radius 1 is 0.862 bits per heavy atom. The molecule has 10 heteroatoms. The van der Waals surface area contributed by atoms with Gasteiger partial charge in [0, 0.05) is 12.1 Å². The largest absolute Gasteiger partial charge is 0.289 e. The van der Waals surface area contributed by atoms with Gasteiger partial charge in [-0.05, 0) is 12.1 Å². The molecule has 3 rings (SSSR count). The number of benzene rings is 2. The summed E-state index contributed by atoms with van der Waals surface area (Å²) in [5.74, 6) is -0.907. The molecule has 0 bridgehead atoms. The average molecular weight is 395 g/mol. The summed E-state index contributed by atoms with van der Waals surface area (Å²) in [6.07, 6.45) is 4.57. The fraction of sp³-hybridized carbons (Fsp3) is 0.105. The quantitative estimate of drug-likeness (QED) is 0.249. The van der Waals surface area contributed by atoms with Crippen molar-refractivity contribution in [3.63, 3.8) is 0 Å². The summed E-state index contributed by atoms with van der Waals surface area (Å²) in [7, 11) is 0. The van der Waals surface area contributed by atoms with Gasteiger partial charge in [0.1, 0.15) is 12.4 Å². The van der Waals surface area contributed by atoms with Gasteiger partial charge in [-0.15, -0.1) is 0 Å². The van der Waals surface area contributed by atoms with Gasteiger partial charge in [-0.2, -0.15) is 0 Å². The van der Waals surface area contributed by atoms with Crippen LogP contribution in [0.15, 0.2) is 67.3 Å². The minimum absolute atomic E-state index is 0.00580. The first-order chi connectivity index (χ1) is 13.9. The molecule has 0 saturated carbocycles. The van der Waals surface area contributed by atoms with Gasteiger partial charge in [-0.1, -0.05) is 24.3 Å². The van der Waals surface area contributed by atoms with Crippen molar-refractivity contribution in [2.75, 3.05) is 0 Å². The topological polar surface area (TPSA) is 129 Å². The zero-order chi connectivity index (χ0) is 21.0. The summed E-state index contributed by atoms with van der Waals surface area (Å²) < 4.78 is 2.96. The van der Waals surface area contributed by atoms with Crippen LogP contribution in [0.4, 0.5) is 11.4 Å². The lowest BCUT2D eigenvalue weighted by Crippen LogP contribution is -2.36. The number of hydrogen-bond donors (Lipinski definition) is 0. The Labute approximate surface area is 163 Å². The Bertz CT molecular complexity index is 1040. The smallest absolute Gasteiger partial charge is 0.280 e. The lowest BCUT2D eigenvalue weighted by molar-refractivity contribution is -0.682. The first-order valence-corrected chi connectivity index (χ1v) is 8.45. The van der Waals surface area contributed by atoms with Crippen molar-refractivity contribution in [1.82, 2.24) is 4.57 Å². The van der Waals surface area contributed by atoms with Crippen LogP contribution in [0.2, 0.25) is 0 Å². The molecule has 0 radical (unpaired) electrons. The summed E-state index contributed by atoms with van der Waals surface area (Å²) in [5.41, 5.74) is -0.560. The van der Waals surface area contributed by atoms with Gasteiger partial charge >= 0.3 is 0 Å². The van der Waals surface area contributed by atoms with Crippen molar-refractivity contribution in [3.8, 4) is 0 Å². The summed E-state index contributed by atoms with van der Waals surface area (Å²) >= 11 is 0. The van der Waals surface area contributed by atoms with Gasteiger partial charge in [0.2, 0.25) is 17.9 Å². The van der Waals surface area contributed by atoms with Crippen molar-refractivity contribution in [2.24, 2.45) is 0 Å². The van der Waals surface area contributed by atoms with E-state index in [2.05, 4.69) is 0 Å².